The fourth-order valence-electron chi connectivity index (χ4n) is 2.23. The summed E-state index contributed by atoms with van der Waals surface area (Å²) in [7, 11) is 1.30. The Labute approximate surface area is 145 Å². The Kier molecular flexibility index (Phi) is 5.08. The van der Waals surface area contributed by atoms with Crippen molar-refractivity contribution >= 4 is 27.5 Å². The van der Waals surface area contributed by atoms with E-state index in [2.05, 4.69) is 9.72 Å². The number of fused-ring (bicyclic) bond motifs is 1. The highest BCUT2D eigenvalue weighted by Crippen LogP contribution is 2.33. The average Bonchev–Trinajstić information content (AvgIpc) is 3.02. The van der Waals surface area contributed by atoms with Gasteiger partial charge in [-0.3, -0.25) is 0 Å². The highest BCUT2D eigenvalue weighted by atomic mass is 32.1. The molecule has 25 heavy (non-hydrogen) atoms. The fraction of sp³-hybridized carbons (Fsp3) is 0.176. The summed E-state index contributed by atoms with van der Waals surface area (Å²) in [6.07, 6.45) is 0. The van der Waals surface area contributed by atoms with Crippen LogP contribution in [0.3, 0.4) is 0 Å². The smallest absolute Gasteiger partial charge is 0.387 e. The molecule has 0 amide bonds. The number of thiazole rings is 1. The number of rotatable bonds is 6. The van der Waals surface area contributed by atoms with Gasteiger partial charge in [-0.15, -0.1) is 11.3 Å². The van der Waals surface area contributed by atoms with Crippen LogP contribution < -0.4 is 9.47 Å². The Hall–Kier alpha value is -2.74. The number of esters is 1. The summed E-state index contributed by atoms with van der Waals surface area (Å²) >= 11 is 1.39. The molecule has 0 atom stereocenters. The van der Waals surface area contributed by atoms with E-state index in [9.17, 15) is 13.6 Å². The lowest BCUT2D eigenvalue weighted by atomic mass is 10.2. The van der Waals surface area contributed by atoms with Crippen molar-refractivity contribution in [1.82, 2.24) is 4.98 Å². The zero-order chi connectivity index (χ0) is 17.8. The second-order valence-corrected chi connectivity index (χ2v) is 5.98. The molecule has 0 aliphatic rings. The van der Waals surface area contributed by atoms with Crippen LogP contribution >= 0.6 is 11.3 Å². The number of ether oxygens (including phenoxy) is 3. The van der Waals surface area contributed by atoms with Crippen LogP contribution in [0.25, 0.3) is 10.2 Å². The summed E-state index contributed by atoms with van der Waals surface area (Å²) < 4.78 is 40.8. The van der Waals surface area contributed by atoms with E-state index in [-0.39, 0.29) is 23.7 Å². The van der Waals surface area contributed by atoms with Crippen molar-refractivity contribution in [3.8, 4) is 11.5 Å². The van der Waals surface area contributed by atoms with E-state index in [0.717, 1.165) is 10.2 Å². The number of aromatic nitrogens is 1. The molecule has 0 N–H and O–H groups in total. The predicted molar refractivity (Wildman–Crippen MR) is 88.4 cm³/mol. The Morgan fingerprint density at radius 3 is 2.72 bits per heavy atom. The summed E-state index contributed by atoms with van der Waals surface area (Å²) in [5.74, 6) is -1.13. The third-order valence-electron chi connectivity index (χ3n) is 3.29. The lowest BCUT2D eigenvalue weighted by Gasteiger charge is -2.13. The van der Waals surface area contributed by atoms with Crippen LogP contribution in [-0.2, 0) is 11.3 Å². The summed E-state index contributed by atoms with van der Waals surface area (Å²) in [6.45, 7) is -3.16. The second kappa shape index (κ2) is 7.43. The Balaban J connectivity index is 1.78. The monoisotopic (exact) mass is 365 g/mol. The van der Waals surface area contributed by atoms with Gasteiger partial charge in [-0.2, -0.15) is 8.78 Å². The minimum absolute atomic E-state index is 0.0229. The van der Waals surface area contributed by atoms with Crippen molar-refractivity contribution in [3.63, 3.8) is 0 Å². The molecule has 130 valence electrons. The number of halogens is 2. The molecule has 1 heterocycles. The molecule has 0 fully saturated rings. The maximum absolute atomic E-state index is 12.6. The van der Waals surface area contributed by atoms with Gasteiger partial charge in [-0.1, -0.05) is 18.2 Å². The van der Waals surface area contributed by atoms with E-state index in [0.29, 0.717) is 5.01 Å². The van der Waals surface area contributed by atoms with Gasteiger partial charge in [0.1, 0.15) is 17.2 Å². The SMILES string of the molecule is COc1cccc(C(=O)OCc2nc3ccccc3s2)c1OC(F)F. The summed E-state index contributed by atoms with van der Waals surface area (Å²) in [5.41, 5.74) is 0.669. The van der Waals surface area contributed by atoms with Gasteiger partial charge in [0.25, 0.3) is 0 Å². The predicted octanol–water partition coefficient (Wildman–Crippen LogP) is 4.26. The van der Waals surface area contributed by atoms with Crippen LogP contribution in [-0.4, -0.2) is 24.7 Å². The molecule has 0 saturated carbocycles. The van der Waals surface area contributed by atoms with E-state index in [1.54, 1.807) is 0 Å². The zero-order valence-electron chi connectivity index (χ0n) is 13.1. The molecule has 0 bridgehead atoms. The van der Waals surface area contributed by atoms with Gasteiger partial charge in [0.15, 0.2) is 11.5 Å². The van der Waals surface area contributed by atoms with Crippen LogP contribution in [0.15, 0.2) is 42.5 Å². The first kappa shape index (κ1) is 17.1. The van der Waals surface area contributed by atoms with Crippen molar-refractivity contribution in [2.24, 2.45) is 0 Å². The summed E-state index contributed by atoms with van der Waals surface area (Å²) in [6, 6.07) is 11.8. The molecule has 0 aliphatic carbocycles. The maximum Gasteiger partial charge on any atom is 0.387 e. The number of hydrogen-bond acceptors (Lipinski definition) is 6. The molecule has 0 saturated heterocycles. The zero-order valence-corrected chi connectivity index (χ0v) is 13.9. The van der Waals surface area contributed by atoms with E-state index in [1.807, 2.05) is 24.3 Å². The fourth-order valence-corrected chi connectivity index (χ4v) is 3.12. The van der Waals surface area contributed by atoms with Crippen molar-refractivity contribution in [3.05, 3.63) is 53.0 Å². The van der Waals surface area contributed by atoms with Gasteiger partial charge < -0.3 is 14.2 Å². The topological polar surface area (TPSA) is 57.7 Å². The molecule has 0 spiro atoms. The van der Waals surface area contributed by atoms with Crippen LogP contribution in [0.5, 0.6) is 11.5 Å². The molecule has 1 aromatic heterocycles. The van der Waals surface area contributed by atoms with E-state index >= 15 is 0 Å². The van der Waals surface area contributed by atoms with Gasteiger partial charge >= 0.3 is 12.6 Å². The largest absolute Gasteiger partial charge is 0.493 e. The number of nitrogens with zero attached hydrogens (tertiary/aromatic N) is 1. The quantitative estimate of drug-likeness (QED) is 0.611. The summed E-state index contributed by atoms with van der Waals surface area (Å²) in [5, 5.41) is 0.605. The molecule has 3 aromatic rings. The van der Waals surface area contributed by atoms with Crippen LogP contribution in [0, 0.1) is 0 Å². The van der Waals surface area contributed by atoms with Gasteiger partial charge in [0.2, 0.25) is 0 Å². The van der Waals surface area contributed by atoms with E-state index in [1.165, 1.54) is 36.6 Å². The first-order chi connectivity index (χ1) is 12.1. The van der Waals surface area contributed by atoms with Crippen LogP contribution in [0.2, 0.25) is 0 Å². The van der Waals surface area contributed by atoms with Crippen LogP contribution in [0.1, 0.15) is 15.4 Å². The standard InChI is InChI=1S/C17H13F2NO4S/c1-22-12-7-4-5-10(15(12)24-17(18)19)16(21)23-9-14-20-11-6-2-3-8-13(11)25-14/h2-8,17H,9H2,1H3. The third-order valence-corrected chi connectivity index (χ3v) is 4.30. The minimum Gasteiger partial charge on any atom is -0.493 e. The number of hydrogen-bond donors (Lipinski definition) is 0. The highest BCUT2D eigenvalue weighted by Gasteiger charge is 2.21. The number of methoxy groups -OCH3 is 1. The van der Waals surface area contributed by atoms with Crippen LogP contribution in [0.4, 0.5) is 8.78 Å². The third kappa shape index (κ3) is 3.85. The van der Waals surface area contributed by atoms with Crippen molar-refractivity contribution in [2.45, 2.75) is 13.2 Å². The molecule has 0 radical (unpaired) electrons. The number of benzene rings is 2. The van der Waals surface area contributed by atoms with Gasteiger partial charge in [0.05, 0.1) is 17.3 Å². The molecular weight excluding hydrogens is 352 g/mol. The molecule has 0 unspecified atom stereocenters. The molecule has 5 nitrogen and oxygen atoms in total. The molecule has 0 aliphatic heterocycles. The van der Waals surface area contributed by atoms with Crippen molar-refractivity contribution in [2.75, 3.05) is 7.11 Å². The van der Waals surface area contributed by atoms with Gasteiger partial charge in [-0.05, 0) is 24.3 Å². The number of carbonyl (C=O) groups excluding carboxylic acids is 1. The average molecular weight is 365 g/mol. The molecule has 8 heteroatoms. The Bertz CT molecular complexity index is 864. The van der Waals surface area contributed by atoms with Gasteiger partial charge in [0, 0.05) is 0 Å². The second-order valence-electron chi connectivity index (χ2n) is 4.87. The van der Waals surface area contributed by atoms with E-state index in [4.69, 9.17) is 9.47 Å². The highest BCUT2D eigenvalue weighted by molar-refractivity contribution is 7.18. The summed E-state index contributed by atoms with van der Waals surface area (Å²) in [4.78, 5) is 16.6. The molecule has 3 rings (SSSR count). The van der Waals surface area contributed by atoms with Gasteiger partial charge in [-0.25, -0.2) is 9.78 Å². The maximum atomic E-state index is 12.6. The molecule has 2 aromatic carbocycles. The Morgan fingerprint density at radius 2 is 2.00 bits per heavy atom. The number of alkyl halides is 2. The first-order valence-corrected chi connectivity index (χ1v) is 8.03. The Morgan fingerprint density at radius 1 is 1.20 bits per heavy atom. The van der Waals surface area contributed by atoms with Crippen molar-refractivity contribution in [1.29, 1.82) is 0 Å². The van der Waals surface area contributed by atoms with E-state index < -0.39 is 12.6 Å². The lowest BCUT2D eigenvalue weighted by molar-refractivity contribution is -0.0518. The number of carbonyl (C=O) groups is 1. The molecular formula is C17H13F2NO4S. The normalized spacial score (nSPS) is 10.9. The minimum atomic E-state index is -3.09. The van der Waals surface area contributed by atoms with Crippen molar-refractivity contribution < 1.29 is 27.8 Å². The first-order valence-electron chi connectivity index (χ1n) is 7.22. The number of para-hydroxylation sites is 2. The lowest BCUT2D eigenvalue weighted by Crippen LogP contribution is -2.11.